The number of pyridine rings is 1. The van der Waals surface area contributed by atoms with Crippen molar-refractivity contribution in [3.63, 3.8) is 0 Å². The van der Waals surface area contributed by atoms with E-state index >= 15 is 0 Å². The monoisotopic (exact) mass is 336 g/mol. The maximum absolute atomic E-state index is 12.1. The fourth-order valence-corrected chi connectivity index (χ4v) is 3.17. The maximum atomic E-state index is 12.1. The zero-order valence-electron chi connectivity index (χ0n) is 13.5. The molecule has 7 heteroatoms. The Morgan fingerprint density at radius 1 is 1.28 bits per heavy atom. The Hall–Kier alpha value is -3.35. The molecule has 126 valence electrons. The molecule has 0 fully saturated rings. The van der Waals surface area contributed by atoms with Crippen LogP contribution in [-0.4, -0.2) is 33.3 Å². The summed E-state index contributed by atoms with van der Waals surface area (Å²) in [7, 11) is 1.56. The molecule has 3 aromatic rings. The van der Waals surface area contributed by atoms with Gasteiger partial charge in [0.05, 0.1) is 18.5 Å². The SMILES string of the molecule is COc1ccc(O)c([C@@H]2CC(=O)Nc3n[nH]c(-c4ccccn4)c32)c1. The largest absolute Gasteiger partial charge is 0.508 e. The highest BCUT2D eigenvalue weighted by molar-refractivity contribution is 5.96. The van der Waals surface area contributed by atoms with Crippen LogP contribution in [0.15, 0.2) is 42.6 Å². The molecule has 0 unspecified atom stereocenters. The van der Waals surface area contributed by atoms with Gasteiger partial charge in [0.25, 0.3) is 0 Å². The summed E-state index contributed by atoms with van der Waals surface area (Å²) in [5.41, 5.74) is 2.87. The third-order valence-corrected chi connectivity index (χ3v) is 4.33. The van der Waals surface area contributed by atoms with Crippen molar-refractivity contribution >= 4 is 11.7 Å². The standard InChI is InChI=1S/C18H16N4O3/c1-25-10-5-6-14(23)11(8-10)12-9-15(24)20-18-16(12)17(21-22-18)13-4-2-3-7-19-13/h2-8,12,23H,9H2,1H3,(H2,20,21,22,24)/t12-/m0/s1. The molecule has 1 aliphatic rings. The average molecular weight is 336 g/mol. The van der Waals surface area contributed by atoms with E-state index in [2.05, 4.69) is 20.5 Å². The van der Waals surface area contributed by atoms with Gasteiger partial charge in [-0.3, -0.25) is 14.9 Å². The smallest absolute Gasteiger partial charge is 0.226 e. The van der Waals surface area contributed by atoms with Gasteiger partial charge in [0.1, 0.15) is 11.5 Å². The molecule has 3 N–H and O–H groups in total. The van der Waals surface area contributed by atoms with E-state index in [4.69, 9.17) is 4.74 Å². The van der Waals surface area contributed by atoms with Crippen LogP contribution in [0.5, 0.6) is 11.5 Å². The molecule has 0 saturated carbocycles. The van der Waals surface area contributed by atoms with Crippen LogP contribution < -0.4 is 10.1 Å². The van der Waals surface area contributed by atoms with E-state index in [0.29, 0.717) is 17.1 Å². The van der Waals surface area contributed by atoms with Crippen LogP contribution in [0.25, 0.3) is 11.4 Å². The molecule has 25 heavy (non-hydrogen) atoms. The summed E-state index contributed by atoms with van der Waals surface area (Å²) >= 11 is 0. The number of aromatic nitrogens is 3. The molecule has 0 aliphatic carbocycles. The Morgan fingerprint density at radius 2 is 2.16 bits per heavy atom. The van der Waals surface area contributed by atoms with Crippen molar-refractivity contribution in [3.8, 4) is 22.9 Å². The summed E-state index contributed by atoms with van der Waals surface area (Å²) < 4.78 is 5.26. The minimum atomic E-state index is -0.352. The summed E-state index contributed by atoms with van der Waals surface area (Å²) in [6, 6.07) is 10.6. The zero-order chi connectivity index (χ0) is 17.4. The number of ether oxygens (including phenoxy) is 1. The second-order valence-electron chi connectivity index (χ2n) is 5.81. The molecule has 1 aromatic carbocycles. The number of methoxy groups -OCH3 is 1. The fraction of sp³-hybridized carbons (Fsp3) is 0.167. The van der Waals surface area contributed by atoms with Gasteiger partial charge in [-0.15, -0.1) is 0 Å². The predicted octanol–water partition coefficient (Wildman–Crippen LogP) is 2.66. The van der Waals surface area contributed by atoms with Gasteiger partial charge in [-0.1, -0.05) is 6.07 Å². The van der Waals surface area contributed by atoms with Crippen molar-refractivity contribution in [2.45, 2.75) is 12.3 Å². The number of H-pyrrole nitrogens is 1. The molecular weight excluding hydrogens is 320 g/mol. The number of phenolic OH excluding ortho intramolecular Hbond substituents is 1. The van der Waals surface area contributed by atoms with Gasteiger partial charge >= 0.3 is 0 Å². The summed E-state index contributed by atoms with van der Waals surface area (Å²) in [6.45, 7) is 0. The molecule has 0 spiro atoms. The van der Waals surface area contributed by atoms with Crippen molar-refractivity contribution in [1.82, 2.24) is 15.2 Å². The number of phenols is 1. The number of aromatic hydroxyl groups is 1. The van der Waals surface area contributed by atoms with Crippen LogP contribution >= 0.6 is 0 Å². The van der Waals surface area contributed by atoms with Crippen LogP contribution in [0.2, 0.25) is 0 Å². The first-order valence-electron chi connectivity index (χ1n) is 7.83. The number of benzene rings is 1. The number of carbonyl (C=O) groups excluding carboxylic acids is 1. The lowest BCUT2D eigenvalue weighted by Gasteiger charge is -2.24. The van der Waals surface area contributed by atoms with Crippen molar-refractivity contribution < 1.29 is 14.6 Å². The second kappa shape index (κ2) is 5.94. The second-order valence-corrected chi connectivity index (χ2v) is 5.81. The van der Waals surface area contributed by atoms with Crippen molar-refractivity contribution in [2.24, 2.45) is 0 Å². The molecular formula is C18H16N4O3. The van der Waals surface area contributed by atoms with Crippen molar-refractivity contribution in [3.05, 3.63) is 53.7 Å². The van der Waals surface area contributed by atoms with Gasteiger partial charge in [-0.25, -0.2) is 0 Å². The van der Waals surface area contributed by atoms with Gasteiger partial charge in [0, 0.05) is 29.7 Å². The number of carbonyl (C=O) groups is 1. The van der Waals surface area contributed by atoms with Gasteiger partial charge < -0.3 is 15.2 Å². The molecule has 1 aliphatic heterocycles. The topological polar surface area (TPSA) is 100 Å². The van der Waals surface area contributed by atoms with Crippen LogP contribution in [0.4, 0.5) is 5.82 Å². The van der Waals surface area contributed by atoms with Gasteiger partial charge in [0.15, 0.2) is 5.82 Å². The molecule has 1 amide bonds. The van der Waals surface area contributed by atoms with E-state index in [9.17, 15) is 9.90 Å². The number of fused-ring (bicyclic) bond motifs is 1. The predicted molar refractivity (Wildman–Crippen MR) is 91.6 cm³/mol. The third-order valence-electron chi connectivity index (χ3n) is 4.33. The van der Waals surface area contributed by atoms with Crippen LogP contribution in [0.1, 0.15) is 23.5 Å². The average Bonchev–Trinajstić information content (AvgIpc) is 3.06. The molecule has 0 bridgehead atoms. The van der Waals surface area contributed by atoms with Gasteiger partial charge in [-0.05, 0) is 30.3 Å². The number of nitrogens with one attached hydrogen (secondary N) is 2. The number of hydrogen-bond acceptors (Lipinski definition) is 5. The summed E-state index contributed by atoms with van der Waals surface area (Å²) in [5, 5.41) is 20.3. The first-order chi connectivity index (χ1) is 12.2. The molecule has 0 saturated heterocycles. The van der Waals surface area contributed by atoms with E-state index in [1.54, 1.807) is 31.5 Å². The van der Waals surface area contributed by atoms with Gasteiger partial charge in [0.2, 0.25) is 5.91 Å². The molecule has 1 atom stereocenters. The highest BCUT2D eigenvalue weighted by Gasteiger charge is 2.33. The fourth-order valence-electron chi connectivity index (χ4n) is 3.17. The number of anilines is 1. The lowest BCUT2D eigenvalue weighted by atomic mass is 9.84. The number of nitrogens with zero attached hydrogens (tertiary/aromatic N) is 2. The summed E-state index contributed by atoms with van der Waals surface area (Å²) in [5.74, 6) is 0.681. The quantitative estimate of drug-likeness (QED) is 0.683. The van der Waals surface area contributed by atoms with Gasteiger partial charge in [-0.2, -0.15) is 5.10 Å². The number of aromatic amines is 1. The molecule has 4 rings (SSSR count). The summed E-state index contributed by atoms with van der Waals surface area (Å²) in [4.78, 5) is 16.5. The minimum absolute atomic E-state index is 0.111. The maximum Gasteiger partial charge on any atom is 0.226 e. The Labute approximate surface area is 143 Å². The zero-order valence-corrected chi connectivity index (χ0v) is 13.5. The molecule has 3 heterocycles. The Balaban J connectivity index is 1.90. The molecule has 0 radical (unpaired) electrons. The van der Waals surface area contributed by atoms with Crippen molar-refractivity contribution in [1.29, 1.82) is 0 Å². The molecule has 7 nitrogen and oxygen atoms in total. The Morgan fingerprint density at radius 3 is 2.92 bits per heavy atom. The van der Waals surface area contributed by atoms with E-state index < -0.39 is 0 Å². The third kappa shape index (κ3) is 2.59. The lowest BCUT2D eigenvalue weighted by molar-refractivity contribution is -0.116. The van der Waals surface area contributed by atoms with E-state index in [0.717, 1.165) is 17.0 Å². The first kappa shape index (κ1) is 15.2. The van der Waals surface area contributed by atoms with E-state index in [1.165, 1.54) is 0 Å². The number of hydrogen-bond donors (Lipinski definition) is 3. The highest BCUT2D eigenvalue weighted by Crippen LogP contribution is 2.44. The van der Waals surface area contributed by atoms with Crippen LogP contribution in [0, 0.1) is 0 Å². The Bertz CT molecular complexity index is 937. The molecule has 2 aromatic heterocycles. The minimum Gasteiger partial charge on any atom is -0.508 e. The van der Waals surface area contributed by atoms with E-state index in [1.807, 2.05) is 18.2 Å². The number of rotatable bonds is 3. The van der Waals surface area contributed by atoms with Crippen LogP contribution in [0.3, 0.4) is 0 Å². The highest BCUT2D eigenvalue weighted by atomic mass is 16.5. The Kier molecular flexibility index (Phi) is 3.61. The first-order valence-corrected chi connectivity index (χ1v) is 7.83. The normalized spacial score (nSPS) is 16.2. The van der Waals surface area contributed by atoms with Crippen molar-refractivity contribution in [2.75, 3.05) is 12.4 Å². The number of amides is 1. The van der Waals surface area contributed by atoms with E-state index in [-0.39, 0.29) is 24.0 Å². The summed E-state index contributed by atoms with van der Waals surface area (Å²) in [6.07, 6.45) is 1.90. The van der Waals surface area contributed by atoms with Crippen LogP contribution in [-0.2, 0) is 4.79 Å². The lowest BCUT2D eigenvalue weighted by Crippen LogP contribution is -2.23.